The van der Waals surface area contributed by atoms with E-state index in [-0.39, 0.29) is 12.0 Å². The van der Waals surface area contributed by atoms with Crippen molar-refractivity contribution in [1.82, 2.24) is 14.5 Å². The van der Waals surface area contributed by atoms with Crippen LogP contribution in [0.25, 0.3) is 72.9 Å². The zero-order valence-corrected chi connectivity index (χ0v) is 33.3. The number of fused-ring (bicyclic) bond motifs is 10. The Labute approximate surface area is 346 Å². The molecule has 0 saturated carbocycles. The van der Waals surface area contributed by atoms with Crippen LogP contribution < -0.4 is 0 Å². The van der Waals surface area contributed by atoms with Gasteiger partial charge in [0.1, 0.15) is 5.69 Å². The maximum absolute atomic E-state index is 5.20. The van der Waals surface area contributed by atoms with Crippen molar-refractivity contribution >= 4 is 50.3 Å². The van der Waals surface area contributed by atoms with Gasteiger partial charge in [-0.3, -0.25) is 4.98 Å². The lowest BCUT2D eigenvalue weighted by atomic mass is 9.81. The molecule has 0 amide bonds. The molecule has 7 aromatic rings. The van der Waals surface area contributed by atoms with Gasteiger partial charge in [0, 0.05) is 29.5 Å². The van der Waals surface area contributed by atoms with Crippen molar-refractivity contribution in [2.75, 3.05) is 0 Å². The predicted molar refractivity (Wildman–Crippen MR) is 248 cm³/mol. The summed E-state index contributed by atoms with van der Waals surface area (Å²) in [5.74, 6) is 1.43. The Kier molecular flexibility index (Phi) is 8.88. The molecule has 0 fully saturated rings. The average Bonchev–Trinajstić information content (AvgIpc) is 3.68. The highest BCUT2D eigenvalue weighted by Crippen LogP contribution is 2.48. The quantitative estimate of drug-likeness (QED) is 0.175. The number of hydrogen-bond acceptors (Lipinski definition) is 2. The number of pyridine rings is 1. The van der Waals surface area contributed by atoms with Crippen molar-refractivity contribution in [2.45, 2.75) is 44.6 Å². The van der Waals surface area contributed by atoms with E-state index in [2.05, 4.69) is 194 Å². The number of hydrogen-bond donors (Lipinski definition) is 0. The minimum Gasteiger partial charge on any atom is -0.319 e. The Morgan fingerprint density at radius 1 is 0.763 bits per heavy atom. The molecule has 1 aliphatic heterocycles. The molecule has 3 nitrogen and oxygen atoms in total. The second-order valence-electron chi connectivity index (χ2n) is 16.3. The molecule has 59 heavy (non-hydrogen) atoms. The number of benzene rings is 4. The van der Waals surface area contributed by atoms with Gasteiger partial charge in [-0.25, -0.2) is 4.98 Å². The van der Waals surface area contributed by atoms with Crippen LogP contribution in [0.3, 0.4) is 0 Å². The number of rotatable bonds is 5. The second-order valence-corrected chi connectivity index (χ2v) is 16.3. The van der Waals surface area contributed by atoms with Crippen LogP contribution in [0.15, 0.2) is 182 Å². The van der Waals surface area contributed by atoms with Gasteiger partial charge in [0.25, 0.3) is 0 Å². The third kappa shape index (κ3) is 6.20. The van der Waals surface area contributed by atoms with Crippen molar-refractivity contribution in [3.63, 3.8) is 0 Å². The van der Waals surface area contributed by atoms with Crippen LogP contribution in [0.2, 0.25) is 0 Å². The van der Waals surface area contributed by atoms with E-state index >= 15 is 0 Å². The largest absolute Gasteiger partial charge is 0.319 e. The highest BCUT2D eigenvalue weighted by molar-refractivity contribution is 6.02. The molecular weight excluding hydrogens is 715 g/mol. The zero-order valence-electron chi connectivity index (χ0n) is 33.3. The van der Waals surface area contributed by atoms with E-state index in [1.807, 2.05) is 6.20 Å². The SMILES string of the molecule is CCC1C(/C=C/c2ccc3c(-c4ccc5c(c4)CCC=C5)ccccccc(C4=CC=C5C=CC=CC5C4)c3c2)c2c(ncc3ccccc23)-c2nc3ccccc3n21. The molecule has 4 aliphatic rings. The molecule has 0 spiro atoms. The number of para-hydroxylation sites is 2. The molecule has 284 valence electrons. The fourth-order valence-electron chi connectivity index (χ4n) is 10.0. The number of allylic oxidation sites excluding steroid dienone is 10. The van der Waals surface area contributed by atoms with Crippen LogP contribution >= 0.6 is 0 Å². The van der Waals surface area contributed by atoms with E-state index in [1.165, 1.54) is 66.2 Å². The predicted octanol–water partition coefficient (Wildman–Crippen LogP) is 14.4. The first-order valence-electron chi connectivity index (χ1n) is 21.2. The van der Waals surface area contributed by atoms with Crippen molar-refractivity contribution in [3.8, 4) is 22.6 Å². The van der Waals surface area contributed by atoms with Crippen molar-refractivity contribution in [3.05, 3.63) is 210 Å². The molecule has 0 saturated heterocycles. The molecule has 3 unspecified atom stereocenters. The van der Waals surface area contributed by atoms with Gasteiger partial charge in [-0.1, -0.05) is 171 Å². The van der Waals surface area contributed by atoms with Gasteiger partial charge in [0.15, 0.2) is 5.82 Å². The molecule has 3 aliphatic carbocycles. The summed E-state index contributed by atoms with van der Waals surface area (Å²) in [5.41, 5.74) is 14.9. The summed E-state index contributed by atoms with van der Waals surface area (Å²) < 4.78 is 2.46. The monoisotopic (exact) mass is 759 g/mol. The second kappa shape index (κ2) is 14.8. The molecule has 2 aromatic heterocycles. The average molecular weight is 760 g/mol. The fraction of sp³-hybridized carbons (Fsp3) is 0.143. The van der Waals surface area contributed by atoms with E-state index in [0.29, 0.717) is 5.92 Å². The molecule has 0 radical (unpaired) electrons. The van der Waals surface area contributed by atoms with Gasteiger partial charge in [0.05, 0.1) is 11.0 Å². The van der Waals surface area contributed by atoms with Crippen LogP contribution in [0, 0.1) is 5.92 Å². The van der Waals surface area contributed by atoms with Gasteiger partial charge in [0.2, 0.25) is 0 Å². The molecule has 5 aromatic carbocycles. The third-order valence-electron chi connectivity index (χ3n) is 12.9. The maximum atomic E-state index is 5.20. The van der Waals surface area contributed by atoms with Crippen LogP contribution in [0.5, 0.6) is 0 Å². The summed E-state index contributed by atoms with van der Waals surface area (Å²) >= 11 is 0. The van der Waals surface area contributed by atoms with Gasteiger partial charge in [-0.15, -0.1) is 0 Å². The zero-order chi connectivity index (χ0) is 39.3. The van der Waals surface area contributed by atoms with E-state index in [9.17, 15) is 0 Å². The highest BCUT2D eigenvalue weighted by Gasteiger charge is 2.35. The summed E-state index contributed by atoms with van der Waals surface area (Å²) in [6, 6.07) is 44.9. The summed E-state index contributed by atoms with van der Waals surface area (Å²) in [6.45, 7) is 2.31. The Bertz CT molecular complexity index is 3090. The Balaban J connectivity index is 1.12. The summed E-state index contributed by atoms with van der Waals surface area (Å²) in [7, 11) is 0. The third-order valence-corrected chi connectivity index (χ3v) is 12.9. The summed E-state index contributed by atoms with van der Waals surface area (Å²) in [4.78, 5) is 10.3. The minimum absolute atomic E-state index is 0.0891. The van der Waals surface area contributed by atoms with Gasteiger partial charge in [-0.05, 0) is 110 Å². The Hall–Kier alpha value is -6.84. The van der Waals surface area contributed by atoms with Crippen molar-refractivity contribution in [1.29, 1.82) is 0 Å². The molecular formula is C56H45N3. The van der Waals surface area contributed by atoms with E-state index in [4.69, 9.17) is 9.97 Å². The van der Waals surface area contributed by atoms with Crippen LogP contribution in [0.4, 0.5) is 0 Å². The van der Waals surface area contributed by atoms with Crippen LogP contribution in [0.1, 0.15) is 66.0 Å². The van der Waals surface area contributed by atoms with Crippen molar-refractivity contribution < 1.29 is 0 Å². The minimum atomic E-state index is 0.0891. The van der Waals surface area contributed by atoms with Gasteiger partial charge >= 0.3 is 0 Å². The van der Waals surface area contributed by atoms with E-state index in [0.717, 1.165) is 53.6 Å². The smallest absolute Gasteiger partial charge is 0.160 e. The Morgan fingerprint density at radius 3 is 2.56 bits per heavy atom. The number of aryl methyl sites for hydroxylation is 1. The standard InChI is InChI=1S/C56H45N3/c1-2-52-49(54-47-22-12-11-19-44(47)36-57-55(54)56-58-51-23-13-14-24-53(51)59(52)56)32-26-37-25-31-48-45(42-29-27-38-15-7-9-17-40(38)34-42)20-5-3-4-6-21-46(50(48)33-37)43-30-28-39-16-8-10-18-41(39)35-43/h3-8,10-16,18-34,36,41,49,52H,2,9,17,35H2,1H3/b4-3?,5-3?,6-4?,20-5?,21-6?,32-26+,45-20?,46-21?,48-45?,50-46?. The first kappa shape index (κ1) is 35.3. The van der Waals surface area contributed by atoms with Crippen molar-refractivity contribution in [2.24, 2.45) is 5.92 Å². The normalized spacial score (nSPS) is 18.9. The maximum Gasteiger partial charge on any atom is 0.160 e. The summed E-state index contributed by atoms with van der Waals surface area (Å²) in [6.07, 6.45) is 29.1. The molecule has 3 atom stereocenters. The summed E-state index contributed by atoms with van der Waals surface area (Å²) in [5, 5.41) is 4.90. The van der Waals surface area contributed by atoms with E-state index < -0.39 is 0 Å². The number of imidazole rings is 1. The molecule has 3 heterocycles. The topological polar surface area (TPSA) is 30.7 Å². The molecule has 0 N–H and O–H groups in total. The highest BCUT2D eigenvalue weighted by atomic mass is 15.1. The molecule has 11 rings (SSSR count). The first-order chi connectivity index (χ1) is 29.2. The lowest BCUT2D eigenvalue weighted by molar-refractivity contribution is 0.448. The molecule has 3 heteroatoms. The lowest BCUT2D eigenvalue weighted by Crippen LogP contribution is -2.23. The van der Waals surface area contributed by atoms with Crippen LogP contribution in [-0.2, 0) is 6.42 Å². The van der Waals surface area contributed by atoms with Gasteiger partial charge < -0.3 is 4.57 Å². The molecule has 0 bridgehead atoms. The number of nitrogens with zero attached hydrogens (tertiary/aromatic N) is 3. The number of aromatic nitrogens is 3. The Morgan fingerprint density at radius 2 is 1.63 bits per heavy atom. The lowest BCUT2D eigenvalue weighted by Gasteiger charge is -2.34. The van der Waals surface area contributed by atoms with E-state index in [1.54, 1.807) is 0 Å². The fourth-order valence-corrected chi connectivity index (χ4v) is 10.0. The van der Waals surface area contributed by atoms with Gasteiger partial charge in [-0.2, -0.15) is 0 Å². The first-order valence-corrected chi connectivity index (χ1v) is 21.2. The van der Waals surface area contributed by atoms with Crippen LogP contribution in [-0.4, -0.2) is 14.5 Å².